The van der Waals surface area contributed by atoms with Gasteiger partial charge in [-0.3, -0.25) is 4.79 Å². The molecule has 1 aliphatic rings. The number of hydrogen-bond donors (Lipinski definition) is 1. The summed E-state index contributed by atoms with van der Waals surface area (Å²) in [6.45, 7) is 0.813. The summed E-state index contributed by atoms with van der Waals surface area (Å²) in [5, 5.41) is 7.11. The first-order valence-corrected chi connectivity index (χ1v) is 10.3. The molecule has 9 heteroatoms. The Labute approximate surface area is 183 Å². The number of pyridine rings is 1. The second-order valence-corrected chi connectivity index (χ2v) is 7.54. The van der Waals surface area contributed by atoms with Gasteiger partial charge in [0.1, 0.15) is 23.0 Å². The Morgan fingerprint density at radius 3 is 2.91 bits per heavy atom. The molecular formula is C23H21FN6O2. The van der Waals surface area contributed by atoms with Gasteiger partial charge in [-0.1, -0.05) is 18.2 Å². The fraction of sp³-hybridized carbons (Fsp3) is 0.217. The van der Waals surface area contributed by atoms with Gasteiger partial charge in [-0.05, 0) is 42.7 Å². The van der Waals surface area contributed by atoms with Crippen molar-refractivity contribution in [3.05, 3.63) is 78.0 Å². The molecule has 0 unspecified atom stereocenters. The van der Waals surface area contributed by atoms with Crippen LogP contribution in [0.5, 0.6) is 5.88 Å². The third kappa shape index (κ3) is 3.73. The quantitative estimate of drug-likeness (QED) is 0.516. The fourth-order valence-corrected chi connectivity index (χ4v) is 4.05. The Morgan fingerprint density at radius 1 is 1.19 bits per heavy atom. The Hall–Kier alpha value is -4.01. The monoisotopic (exact) mass is 432 g/mol. The molecule has 1 N–H and O–H groups in total. The van der Waals surface area contributed by atoms with Crippen molar-refractivity contribution in [2.45, 2.75) is 18.9 Å². The number of anilines is 2. The normalized spacial score (nSPS) is 15.8. The molecule has 0 radical (unpaired) electrons. The number of nitrogens with zero attached hydrogens (tertiary/aromatic N) is 5. The summed E-state index contributed by atoms with van der Waals surface area (Å²) in [7, 11) is 1.50. The largest absolute Gasteiger partial charge is 0.481 e. The number of benzene rings is 1. The van der Waals surface area contributed by atoms with Crippen LogP contribution >= 0.6 is 0 Å². The van der Waals surface area contributed by atoms with E-state index in [4.69, 9.17) is 9.72 Å². The lowest BCUT2D eigenvalue weighted by Crippen LogP contribution is -2.24. The average molecular weight is 432 g/mol. The molecule has 0 spiro atoms. The van der Waals surface area contributed by atoms with Crippen molar-refractivity contribution < 1.29 is 13.9 Å². The minimum Gasteiger partial charge on any atom is -0.481 e. The summed E-state index contributed by atoms with van der Waals surface area (Å²) in [5.74, 6) is 0.477. The zero-order valence-electron chi connectivity index (χ0n) is 17.4. The predicted octanol–water partition coefficient (Wildman–Crippen LogP) is 3.87. The number of fused-ring (bicyclic) bond motifs is 1. The van der Waals surface area contributed by atoms with E-state index in [1.807, 2.05) is 12.1 Å². The number of carbonyl (C=O) groups excluding carboxylic acids is 1. The molecule has 1 aromatic carbocycles. The summed E-state index contributed by atoms with van der Waals surface area (Å²) in [4.78, 5) is 23.8. The minimum absolute atomic E-state index is 0.0441. The first-order chi connectivity index (χ1) is 15.6. The van der Waals surface area contributed by atoms with Crippen LogP contribution in [0.25, 0.3) is 5.65 Å². The van der Waals surface area contributed by atoms with Gasteiger partial charge in [0.2, 0.25) is 5.88 Å². The van der Waals surface area contributed by atoms with Crippen LogP contribution in [0.2, 0.25) is 0 Å². The van der Waals surface area contributed by atoms with Crippen LogP contribution in [-0.4, -0.2) is 39.1 Å². The van der Waals surface area contributed by atoms with Gasteiger partial charge in [-0.15, -0.1) is 0 Å². The minimum atomic E-state index is -0.384. The van der Waals surface area contributed by atoms with Gasteiger partial charge in [-0.25, -0.2) is 18.9 Å². The second kappa shape index (κ2) is 8.26. The lowest BCUT2D eigenvalue weighted by molar-refractivity contribution is 0.102. The van der Waals surface area contributed by atoms with Crippen LogP contribution in [0, 0.1) is 5.82 Å². The van der Waals surface area contributed by atoms with E-state index in [0.717, 1.165) is 30.8 Å². The lowest BCUT2D eigenvalue weighted by atomic mass is 10.0. The van der Waals surface area contributed by atoms with Crippen LogP contribution in [0.1, 0.15) is 34.9 Å². The maximum atomic E-state index is 13.8. The maximum absolute atomic E-state index is 13.8. The summed E-state index contributed by atoms with van der Waals surface area (Å²) in [5.41, 5.74) is 2.15. The van der Waals surface area contributed by atoms with E-state index in [2.05, 4.69) is 20.3 Å². The van der Waals surface area contributed by atoms with Gasteiger partial charge in [0.15, 0.2) is 5.65 Å². The van der Waals surface area contributed by atoms with Crippen molar-refractivity contribution in [2.24, 2.45) is 0 Å². The number of ether oxygens (including phenoxy) is 1. The fourth-order valence-electron chi connectivity index (χ4n) is 4.05. The molecular weight excluding hydrogens is 411 g/mol. The van der Waals surface area contributed by atoms with E-state index in [1.165, 1.54) is 13.2 Å². The zero-order chi connectivity index (χ0) is 22.1. The molecule has 1 aliphatic heterocycles. The molecule has 0 bridgehead atoms. The maximum Gasteiger partial charge on any atom is 0.274 e. The van der Waals surface area contributed by atoms with Gasteiger partial charge in [-0.2, -0.15) is 5.10 Å². The highest BCUT2D eigenvalue weighted by atomic mass is 19.1. The van der Waals surface area contributed by atoms with E-state index < -0.39 is 0 Å². The molecule has 4 heterocycles. The number of aromatic nitrogens is 4. The molecule has 1 fully saturated rings. The molecule has 1 atom stereocenters. The smallest absolute Gasteiger partial charge is 0.274 e. The highest BCUT2D eigenvalue weighted by Gasteiger charge is 2.28. The van der Waals surface area contributed by atoms with E-state index in [-0.39, 0.29) is 23.5 Å². The standard InChI is InChI=1S/C23H21FN6O2/c1-32-21-9-3-7-17(26-21)23(31)27-18-14-25-30-12-10-20(28-22(18)30)29-11-4-8-19(29)15-5-2-6-16(24)13-15/h2-3,5-7,9-10,12-14,19H,4,8,11H2,1H3,(H,27,31)/t19-/m1/s1. The van der Waals surface area contributed by atoms with Crippen molar-refractivity contribution in [3.63, 3.8) is 0 Å². The number of carbonyl (C=O) groups is 1. The van der Waals surface area contributed by atoms with E-state index in [9.17, 15) is 9.18 Å². The topological polar surface area (TPSA) is 84.6 Å². The van der Waals surface area contributed by atoms with Crippen molar-refractivity contribution in [1.29, 1.82) is 0 Å². The number of rotatable bonds is 5. The van der Waals surface area contributed by atoms with Gasteiger partial charge < -0.3 is 15.0 Å². The summed E-state index contributed by atoms with van der Waals surface area (Å²) < 4.78 is 20.5. The first kappa shape index (κ1) is 19.9. The Kier molecular flexibility index (Phi) is 5.14. The molecule has 32 heavy (non-hydrogen) atoms. The summed E-state index contributed by atoms with van der Waals surface area (Å²) >= 11 is 0. The zero-order valence-corrected chi connectivity index (χ0v) is 17.4. The molecule has 1 amide bonds. The SMILES string of the molecule is COc1cccc(C(=O)Nc2cnn3ccc(N4CCC[C@@H]4c4cccc(F)c4)nc23)n1. The number of hydrogen-bond acceptors (Lipinski definition) is 6. The third-order valence-electron chi connectivity index (χ3n) is 5.55. The molecule has 0 aliphatic carbocycles. The van der Waals surface area contributed by atoms with Gasteiger partial charge in [0, 0.05) is 18.8 Å². The van der Waals surface area contributed by atoms with Crippen LogP contribution in [0.4, 0.5) is 15.9 Å². The summed E-state index contributed by atoms with van der Waals surface area (Å²) in [6.07, 6.45) is 5.26. The lowest BCUT2D eigenvalue weighted by Gasteiger charge is -2.26. The number of amides is 1. The highest BCUT2D eigenvalue weighted by Crippen LogP contribution is 2.35. The van der Waals surface area contributed by atoms with E-state index >= 15 is 0 Å². The molecule has 3 aromatic heterocycles. The van der Waals surface area contributed by atoms with Crippen molar-refractivity contribution in [1.82, 2.24) is 19.6 Å². The Balaban J connectivity index is 1.44. The third-order valence-corrected chi connectivity index (χ3v) is 5.55. The van der Waals surface area contributed by atoms with Crippen molar-refractivity contribution in [2.75, 3.05) is 23.9 Å². The van der Waals surface area contributed by atoms with Crippen molar-refractivity contribution >= 4 is 23.1 Å². The average Bonchev–Trinajstić information content (AvgIpc) is 3.46. The molecule has 1 saturated heterocycles. The van der Waals surface area contributed by atoms with Gasteiger partial charge in [0.25, 0.3) is 5.91 Å². The van der Waals surface area contributed by atoms with Crippen LogP contribution < -0.4 is 15.0 Å². The molecule has 4 aromatic rings. The number of methoxy groups -OCH3 is 1. The molecule has 5 rings (SSSR count). The van der Waals surface area contributed by atoms with Gasteiger partial charge >= 0.3 is 0 Å². The highest BCUT2D eigenvalue weighted by molar-refractivity contribution is 6.04. The number of nitrogens with one attached hydrogen (secondary N) is 1. The number of halogens is 1. The predicted molar refractivity (Wildman–Crippen MR) is 117 cm³/mol. The first-order valence-electron chi connectivity index (χ1n) is 10.3. The Morgan fingerprint density at radius 2 is 2.06 bits per heavy atom. The van der Waals surface area contributed by atoms with Crippen LogP contribution in [0.3, 0.4) is 0 Å². The molecule has 162 valence electrons. The van der Waals surface area contributed by atoms with E-state index in [1.54, 1.807) is 47.2 Å². The van der Waals surface area contributed by atoms with Crippen LogP contribution in [0.15, 0.2) is 60.9 Å². The second-order valence-electron chi connectivity index (χ2n) is 7.54. The van der Waals surface area contributed by atoms with Crippen LogP contribution in [-0.2, 0) is 0 Å². The summed E-state index contributed by atoms with van der Waals surface area (Å²) in [6, 6.07) is 13.6. The molecule has 0 saturated carbocycles. The van der Waals surface area contributed by atoms with Gasteiger partial charge in [0.05, 0.1) is 19.3 Å². The van der Waals surface area contributed by atoms with Crippen molar-refractivity contribution in [3.8, 4) is 5.88 Å². The Bertz CT molecular complexity index is 1290. The molecule has 8 nitrogen and oxygen atoms in total. The van der Waals surface area contributed by atoms with E-state index in [0.29, 0.717) is 17.2 Å².